The van der Waals surface area contributed by atoms with E-state index in [0.717, 1.165) is 13.0 Å². The zero-order valence-electron chi connectivity index (χ0n) is 7.62. The van der Waals surface area contributed by atoms with Gasteiger partial charge < -0.3 is 5.32 Å². The van der Waals surface area contributed by atoms with Crippen molar-refractivity contribution in [2.45, 2.75) is 18.9 Å². The van der Waals surface area contributed by atoms with Crippen LogP contribution in [0, 0.1) is 0 Å². The molecule has 5 heteroatoms. The Bertz CT molecular complexity index is 337. The van der Waals surface area contributed by atoms with E-state index in [1.807, 2.05) is 11.4 Å². The molecule has 0 saturated heterocycles. The Morgan fingerprint density at radius 3 is 3.36 bits per heavy atom. The first-order valence-corrected chi connectivity index (χ1v) is 5.42. The smallest absolute Gasteiger partial charge is 0.260 e. The first-order valence-electron chi connectivity index (χ1n) is 4.54. The molecule has 14 heavy (non-hydrogen) atoms. The molecule has 0 aliphatic carbocycles. The van der Waals surface area contributed by atoms with Crippen LogP contribution >= 0.6 is 11.3 Å². The molecule has 1 unspecified atom stereocenters. The molecule has 1 amide bonds. The molecule has 1 atom stereocenters. The second-order valence-electron chi connectivity index (χ2n) is 3.31. The van der Waals surface area contributed by atoms with Gasteiger partial charge in [0.25, 0.3) is 5.91 Å². The maximum Gasteiger partial charge on any atom is 0.260 e. The van der Waals surface area contributed by atoms with Gasteiger partial charge >= 0.3 is 0 Å². The van der Waals surface area contributed by atoms with Gasteiger partial charge in [0.15, 0.2) is 0 Å². The molecule has 2 rings (SSSR count). The lowest BCUT2D eigenvalue weighted by atomic mass is 10.1. The van der Waals surface area contributed by atoms with Gasteiger partial charge in [0.1, 0.15) is 0 Å². The predicted molar refractivity (Wildman–Crippen MR) is 53.4 cm³/mol. The topological polar surface area (TPSA) is 61.4 Å². The van der Waals surface area contributed by atoms with Crippen LogP contribution in [-0.4, -0.2) is 23.7 Å². The fourth-order valence-corrected chi connectivity index (χ4v) is 2.60. The summed E-state index contributed by atoms with van der Waals surface area (Å²) in [6.07, 6.45) is 1.62. The molecule has 1 aromatic heterocycles. The van der Waals surface area contributed by atoms with Crippen molar-refractivity contribution in [1.82, 2.24) is 10.8 Å². The van der Waals surface area contributed by atoms with Crippen molar-refractivity contribution >= 4 is 17.2 Å². The lowest BCUT2D eigenvalue weighted by Gasteiger charge is -2.12. The van der Waals surface area contributed by atoms with Crippen LogP contribution < -0.4 is 10.8 Å². The zero-order valence-corrected chi connectivity index (χ0v) is 8.43. The normalized spacial score (nSPS) is 21.1. The highest BCUT2D eigenvalue weighted by atomic mass is 32.1. The van der Waals surface area contributed by atoms with E-state index in [4.69, 9.17) is 5.21 Å². The van der Waals surface area contributed by atoms with E-state index in [2.05, 4.69) is 5.32 Å². The third-order valence-electron chi connectivity index (χ3n) is 2.43. The quantitative estimate of drug-likeness (QED) is 0.464. The van der Waals surface area contributed by atoms with Gasteiger partial charge in [0, 0.05) is 11.4 Å². The first-order chi connectivity index (χ1) is 6.81. The van der Waals surface area contributed by atoms with Crippen molar-refractivity contribution in [3.8, 4) is 0 Å². The number of rotatable bonds is 1. The van der Waals surface area contributed by atoms with E-state index in [0.29, 0.717) is 6.42 Å². The minimum atomic E-state index is -0.357. The van der Waals surface area contributed by atoms with E-state index in [1.165, 1.54) is 10.4 Å². The van der Waals surface area contributed by atoms with E-state index >= 15 is 0 Å². The van der Waals surface area contributed by atoms with Crippen LogP contribution in [-0.2, 0) is 17.6 Å². The maximum atomic E-state index is 11.2. The van der Waals surface area contributed by atoms with E-state index in [1.54, 1.807) is 16.8 Å². The minimum absolute atomic E-state index is 0.309. The van der Waals surface area contributed by atoms with Gasteiger partial charge in [-0.15, -0.1) is 11.3 Å². The van der Waals surface area contributed by atoms with Crippen molar-refractivity contribution in [2.24, 2.45) is 0 Å². The minimum Gasteiger partial charge on any atom is -0.305 e. The Labute approximate surface area is 85.9 Å². The Hall–Kier alpha value is -0.910. The van der Waals surface area contributed by atoms with Gasteiger partial charge in [-0.2, -0.15) is 0 Å². The molecule has 0 spiro atoms. The van der Waals surface area contributed by atoms with Gasteiger partial charge in [-0.05, 0) is 29.9 Å². The standard InChI is InChI=1S/C9H12N2O2S/c12-9(11-13)7-5-6-2-4-14-8(6)1-3-10-7/h2,4,7,10,13H,1,3,5H2,(H,11,12). The molecule has 0 aromatic carbocycles. The first kappa shape index (κ1) is 9.64. The SMILES string of the molecule is O=C(NO)C1Cc2ccsc2CCN1. The number of thiophene rings is 1. The Balaban J connectivity index is 2.15. The second kappa shape index (κ2) is 4.08. The molecule has 1 aromatic rings. The lowest BCUT2D eigenvalue weighted by molar-refractivity contribution is -0.131. The average molecular weight is 212 g/mol. The van der Waals surface area contributed by atoms with Gasteiger partial charge in [-0.25, -0.2) is 5.48 Å². The van der Waals surface area contributed by atoms with E-state index in [-0.39, 0.29) is 11.9 Å². The fourth-order valence-electron chi connectivity index (χ4n) is 1.68. The molecule has 1 aliphatic rings. The Morgan fingerprint density at radius 1 is 1.71 bits per heavy atom. The van der Waals surface area contributed by atoms with E-state index in [9.17, 15) is 4.79 Å². The average Bonchev–Trinajstić information content (AvgIpc) is 2.54. The number of carbonyl (C=O) groups excluding carboxylic acids is 1. The number of hydrogen-bond acceptors (Lipinski definition) is 4. The van der Waals surface area contributed by atoms with Crippen molar-refractivity contribution < 1.29 is 10.0 Å². The summed E-state index contributed by atoms with van der Waals surface area (Å²) in [6.45, 7) is 0.783. The van der Waals surface area contributed by atoms with Crippen molar-refractivity contribution in [3.05, 3.63) is 21.9 Å². The number of hydroxylamine groups is 1. The third kappa shape index (κ3) is 1.79. The van der Waals surface area contributed by atoms with Crippen molar-refractivity contribution in [1.29, 1.82) is 0 Å². The molecule has 3 N–H and O–H groups in total. The molecule has 76 valence electrons. The lowest BCUT2D eigenvalue weighted by Crippen LogP contribution is -2.44. The molecule has 0 fully saturated rings. The van der Waals surface area contributed by atoms with Crippen LogP contribution in [0.15, 0.2) is 11.4 Å². The summed E-state index contributed by atoms with van der Waals surface area (Å²) in [7, 11) is 0. The van der Waals surface area contributed by atoms with Gasteiger partial charge in [-0.3, -0.25) is 10.0 Å². The summed E-state index contributed by atoms with van der Waals surface area (Å²) in [4.78, 5) is 12.6. The summed E-state index contributed by atoms with van der Waals surface area (Å²) < 4.78 is 0. The summed E-state index contributed by atoms with van der Waals surface area (Å²) in [5.74, 6) is -0.357. The Morgan fingerprint density at radius 2 is 2.57 bits per heavy atom. The molecular formula is C9H12N2O2S. The fraction of sp³-hybridized carbons (Fsp3) is 0.444. The number of carbonyl (C=O) groups is 1. The number of hydrogen-bond donors (Lipinski definition) is 3. The largest absolute Gasteiger partial charge is 0.305 e. The highest BCUT2D eigenvalue weighted by Crippen LogP contribution is 2.20. The van der Waals surface area contributed by atoms with Crippen LogP contribution in [0.3, 0.4) is 0 Å². The second-order valence-corrected chi connectivity index (χ2v) is 4.31. The highest BCUT2D eigenvalue weighted by molar-refractivity contribution is 7.10. The summed E-state index contributed by atoms with van der Waals surface area (Å²) in [5, 5.41) is 13.7. The van der Waals surface area contributed by atoms with Crippen molar-refractivity contribution in [2.75, 3.05) is 6.54 Å². The number of nitrogens with one attached hydrogen (secondary N) is 2. The monoisotopic (exact) mass is 212 g/mol. The van der Waals surface area contributed by atoms with Crippen LogP contribution in [0.2, 0.25) is 0 Å². The van der Waals surface area contributed by atoms with Crippen molar-refractivity contribution in [3.63, 3.8) is 0 Å². The number of amides is 1. The maximum absolute atomic E-state index is 11.2. The summed E-state index contributed by atoms with van der Waals surface area (Å²) in [6, 6.07) is 1.74. The summed E-state index contributed by atoms with van der Waals surface area (Å²) >= 11 is 1.73. The molecule has 2 heterocycles. The van der Waals surface area contributed by atoms with Gasteiger partial charge in [-0.1, -0.05) is 0 Å². The molecule has 0 radical (unpaired) electrons. The molecular weight excluding hydrogens is 200 g/mol. The van der Waals surface area contributed by atoms with Gasteiger partial charge in [0.05, 0.1) is 6.04 Å². The van der Waals surface area contributed by atoms with Crippen LogP contribution in [0.5, 0.6) is 0 Å². The van der Waals surface area contributed by atoms with Crippen LogP contribution in [0.25, 0.3) is 0 Å². The van der Waals surface area contributed by atoms with Crippen LogP contribution in [0.4, 0.5) is 0 Å². The van der Waals surface area contributed by atoms with E-state index < -0.39 is 0 Å². The van der Waals surface area contributed by atoms with Crippen LogP contribution in [0.1, 0.15) is 10.4 Å². The molecule has 0 saturated carbocycles. The molecule has 1 aliphatic heterocycles. The third-order valence-corrected chi connectivity index (χ3v) is 3.45. The summed E-state index contributed by atoms with van der Waals surface area (Å²) in [5.41, 5.74) is 2.90. The Kier molecular flexibility index (Phi) is 2.81. The highest BCUT2D eigenvalue weighted by Gasteiger charge is 2.22. The number of fused-ring (bicyclic) bond motifs is 1. The molecule has 4 nitrogen and oxygen atoms in total. The predicted octanol–water partition coefficient (Wildman–Crippen LogP) is 0.310. The zero-order chi connectivity index (χ0) is 9.97. The van der Waals surface area contributed by atoms with Gasteiger partial charge in [0.2, 0.25) is 0 Å². The molecule has 0 bridgehead atoms.